The van der Waals surface area contributed by atoms with Crippen molar-refractivity contribution in [3.8, 4) is 6.01 Å². The summed E-state index contributed by atoms with van der Waals surface area (Å²) >= 11 is 0. The second kappa shape index (κ2) is 10.2. The summed E-state index contributed by atoms with van der Waals surface area (Å²) < 4.78 is 19.6. The molecule has 0 aliphatic rings. The van der Waals surface area contributed by atoms with Crippen LogP contribution in [0.4, 0.5) is 10.2 Å². The van der Waals surface area contributed by atoms with E-state index in [1.54, 1.807) is 19.0 Å². The van der Waals surface area contributed by atoms with E-state index in [1.165, 1.54) is 0 Å². The van der Waals surface area contributed by atoms with Crippen LogP contribution in [0.25, 0.3) is 0 Å². The predicted octanol–water partition coefficient (Wildman–Crippen LogP) is 1.89. The van der Waals surface area contributed by atoms with E-state index in [-0.39, 0.29) is 17.9 Å². The molecule has 0 spiro atoms. The van der Waals surface area contributed by atoms with Gasteiger partial charge in [0.25, 0.3) is 0 Å². The normalized spacial score (nSPS) is 12.5. The lowest BCUT2D eigenvalue weighted by atomic mass is 10.2. The Labute approximate surface area is 144 Å². The van der Waals surface area contributed by atoms with Crippen LogP contribution in [0.3, 0.4) is 0 Å². The number of rotatable bonds is 11. The minimum Gasteiger partial charge on any atom is -0.459 e. The predicted molar refractivity (Wildman–Crippen MR) is 96.2 cm³/mol. The van der Waals surface area contributed by atoms with Crippen LogP contribution in [-0.4, -0.2) is 80.7 Å². The van der Waals surface area contributed by atoms with Crippen LogP contribution in [0.1, 0.15) is 12.8 Å². The van der Waals surface area contributed by atoms with Gasteiger partial charge in [0.2, 0.25) is 0 Å². The molecule has 0 bridgehead atoms. The summed E-state index contributed by atoms with van der Waals surface area (Å²) in [5.41, 5.74) is 0. The monoisotopic (exact) mass is 339 g/mol. The van der Waals surface area contributed by atoms with Crippen molar-refractivity contribution in [2.24, 2.45) is 0 Å². The van der Waals surface area contributed by atoms with Gasteiger partial charge in [0.05, 0.1) is 6.20 Å². The van der Waals surface area contributed by atoms with Crippen LogP contribution in [0.2, 0.25) is 0 Å². The van der Waals surface area contributed by atoms with Crippen molar-refractivity contribution in [1.82, 2.24) is 19.8 Å². The summed E-state index contributed by atoms with van der Waals surface area (Å²) in [4.78, 5) is 14.1. The molecule has 0 aliphatic heterocycles. The molecule has 0 unspecified atom stereocenters. The molecule has 0 saturated heterocycles. The van der Waals surface area contributed by atoms with Crippen molar-refractivity contribution < 1.29 is 9.13 Å². The minimum absolute atomic E-state index is 0.0735. The Morgan fingerprint density at radius 2 is 1.96 bits per heavy atom. The number of hydrogen-bond donors (Lipinski definition) is 0. The van der Waals surface area contributed by atoms with Crippen molar-refractivity contribution >= 4 is 5.82 Å². The van der Waals surface area contributed by atoms with Crippen molar-refractivity contribution in [3.63, 3.8) is 0 Å². The highest BCUT2D eigenvalue weighted by molar-refractivity contribution is 5.37. The number of allylic oxidation sites excluding steroid dienone is 1. The fraction of sp³-hybridized carbons (Fsp3) is 0.647. The molecule has 0 amide bonds. The summed E-state index contributed by atoms with van der Waals surface area (Å²) in [6, 6.07) is 0.204. The second-order valence-corrected chi connectivity index (χ2v) is 6.39. The van der Waals surface area contributed by atoms with Gasteiger partial charge < -0.3 is 19.4 Å². The highest BCUT2D eigenvalue weighted by Gasteiger charge is 2.17. The standard InChI is InChI=1S/C17H30FN5O/c1-7-8-9-14(13-23(6)11-10-21(2)3)24-17-19-12-15(18)16(20-17)22(4)5/h7,12,14H,1,8-11,13H2,2-6H3/t14-/m1/s1. The largest absolute Gasteiger partial charge is 0.459 e. The van der Waals surface area contributed by atoms with E-state index >= 15 is 0 Å². The summed E-state index contributed by atoms with van der Waals surface area (Å²) in [5.74, 6) is -0.235. The molecule has 1 aromatic heterocycles. The summed E-state index contributed by atoms with van der Waals surface area (Å²) in [5, 5.41) is 0. The summed E-state index contributed by atoms with van der Waals surface area (Å²) in [6.07, 6.45) is 4.60. The molecule has 7 heteroatoms. The second-order valence-electron chi connectivity index (χ2n) is 6.39. The molecule has 24 heavy (non-hydrogen) atoms. The molecular formula is C17H30FN5O. The van der Waals surface area contributed by atoms with Gasteiger partial charge in [0.1, 0.15) is 6.10 Å². The Morgan fingerprint density at radius 3 is 2.54 bits per heavy atom. The SMILES string of the molecule is C=CCC[C@H](CN(C)CCN(C)C)Oc1ncc(F)c(N(C)C)n1. The molecule has 1 heterocycles. The van der Waals surface area contributed by atoms with Crippen LogP contribution in [0.5, 0.6) is 6.01 Å². The van der Waals surface area contributed by atoms with Gasteiger partial charge in [-0.2, -0.15) is 4.98 Å². The molecule has 0 saturated carbocycles. The maximum Gasteiger partial charge on any atom is 0.318 e. The van der Waals surface area contributed by atoms with Crippen LogP contribution < -0.4 is 9.64 Å². The number of halogens is 1. The smallest absolute Gasteiger partial charge is 0.318 e. The number of aromatic nitrogens is 2. The third-order valence-corrected chi connectivity index (χ3v) is 3.54. The highest BCUT2D eigenvalue weighted by atomic mass is 19.1. The fourth-order valence-electron chi connectivity index (χ4n) is 2.16. The topological polar surface area (TPSA) is 44.7 Å². The molecule has 0 aromatic carbocycles. The quantitative estimate of drug-likeness (QED) is 0.574. The lowest BCUT2D eigenvalue weighted by molar-refractivity contribution is 0.125. The minimum atomic E-state index is -0.460. The Hall–Kier alpha value is -1.73. The molecule has 1 rings (SSSR count). The molecular weight excluding hydrogens is 309 g/mol. The van der Waals surface area contributed by atoms with Gasteiger partial charge in [0.15, 0.2) is 11.6 Å². The van der Waals surface area contributed by atoms with E-state index in [0.29, 0.717) is 0 Å². The first kappa shape index (κ1) is 20.3. The zero-order valence-corrected chi connectivity index (χ0v) is 15.5. The maximum absolute atomic E-state index is 13.7. The first-order valence-electron chi connectivity index (χ1n) is 8.14. The van der Waals surface area contributed by atoms with Gasteiger partial charge in [-0.15, -0.1) is 6.58 Å². The maximum atomic E-state index is 13.7. The van der Waals surface area contributed by atoms with Crippen LogP contribution in [-0.2, 0) is 0 Å². The highest BCUT2D eigenvalue weighted by Crippen LogP contribution is 2.17. The Morgan fingerprint density at radius 1 is 1.25 bits per heavy atom. The van der Waals surface area contributed by atoms with E-state index in [4.69, 9.17) is 4.74 Å². The molecule has 6 nitrogen and oxygen atoms in total. The number of ether oxygens (including phenoxy) is 1. The van der Waals surface area contributed by atoms with Crippen LogP contribution >= 0.6 is 0 Å². The van der Waals surface area contributed by atoms with Crippen molar-refractivity contribution in [2.75, 3.05) is 59.8 Å². The van der Waals surface area contributed by atoms with Gasteiger partial charge in [-0.25, -0.2) is 9.37 Å². The van der Waals surface area contributed by atoms with Crippen LogP contribution in [0.15, 0.2) is 18.9 Å². The number of nitrogens with zero attached hydrogens (tertiary/aromatic N) is 5. The van der Waals surface area contributed by atoms with E-state index in [2.05, 4.69) is 47.5 Å². The van der Waals surface area contributed by atoms with E-state index in [9.17, 15) is 4.39 Å². The number of hydrogen-bond acceptors (Lipinski definition) is 6. The molecule has 1 atom stereocenters. The zero-order valence-electron chi connectivity index (χ0n) is 15.5. The van der Waals surface area contributed by atoms with E-state index in [0.717, 1.165) is 38.7 Å². The van der Waals surface area contributed by atoms with Crippen molar-refractivity contribution in [3.05, 3.63) is 24.7 Å². The Balaban J connectivity index is 2.74. The lowest BCUT2D eigenvalue weighted by Gasteiger charge is -2.25. The van der Waals surface area contributed by atoms with Gasteiger partial charge in [-0.3, -0.25) is 0 Å². The molecule has 1 aromatic rings. The molecule has 136 valence electrons. The fourth-order valence-corrected chi connectivity index (χ4v) is 2.16. The van der Waals surface area contributed by atoms with Gasteiger partial charge in [0, 0.05) is 33.7 Å². The van der Waals surface area contributed by atoms with Gasteiger partial charge >= 0.3 is 6.01 Å². The van der Waals surface area contributed by atoms with Crippen LogP contribution in [0, 0.1) is 5.82 Å². The molecule has 0 radical (unpaired) electrons. The molecule has 0 fully saturated rings. The molecule has 0 aliphatic carbocycles. The number of likely N-dealkylation sites (N-methyl/N-ethyl adjacent to an activating group) is 2. The van der Waals surface area contributed by atoms with E-state index < -0.39 is 5.82 Å². The first-order chi connectivity index (χ1) is 11.3. The Bertz CT molecular complexity index is 510. The molecule has 0 N–H and O–H groups in total. The average Bonchev–Trinajstić information content (AvgIpc) is 2.52. The number of anilines is 1. The summed E-state index contributed by atoms with van der Waals surface area (Å²) in [7, 11) is 9.63. The van der Waals surface area contributed by atoms with Gasteiger partial charge in [-0.05, 0) is 34.0 Å². The zero-order chi connectivity index (χ0) is 18.1. The summed E-state index contributed by atoms with van der Waals surface area (Å²) in [6.45, 7) is 6.43. The third kappa shape index (κ3) is 7.23. The van der Waals surface area contributed by atoms with Crippen molar-refractivity contribution in [2.45, 2.75) is 18.9 Å². The van der Waals surface area contributed by atoms with Crippen molar-refractivity contribution in [1.29, 1.82) is 0 Å². The Kier molecular flexibility index (Phi) is 8.63. The average molecular weight is 339 g/mol. The van der Waals surface area contributed by atoms with E-state index in [1.807, 2.05) is 6.08 Å². The first-order valence-corrected chi connectivity index (χ1v) is 8.14. The lowest BCUT2D eigenvalue weighted by Crippen LogP contribution is -2.37. The van der Waals surface area contributed by atoms with Gasteiger partial charge in [-0.1, -0.05) is 6.08 Å². The third-order valence-electron chi connectivity index (χ3n) is 3.54.